The highest BCUT2D eigenvalue weighted by molar-refractivity contribution is 5.06. The topological polar surface area (TPSA) is 29.9 Å². The summed E-state index contributed by atoms with van der Waals surface area (Å²) in [4.78, 5) is 0. The largest absolute Gasteiger partial charge is 0.309 e. The fourth-order valence-corrected chi connectivity index (χ4v) is 2.13. The van der Waals surface area contributed by atoms with Gasteiger partial charge in [-0.05, 0) is 31.4 Å². The van der Waals surface area contributed by atoms with Gasteiger partial charge >= 0.3 is 0 Å². The van der Waals surface area contributed by atoms with E-state index in [2.05, 4.69) is 37.3 Å². The van der Waals surface area contributed by atoms with Crippen LogP contribution in [-0.2, 0) is 7.05 Å². The molecule has 0 spiro atoms. The Morgan fingerprint density at radius 2 is 2.12 bits per heavy atom. The summed E-state index contributed by atoms with van der Waals surface area (Å²) >= 11 is 0. The number of nitrogens with zero attached hydrogens (tertiary/aromatic N) is 2. The lowest BCUT2D eigenvalue weighted by Crippen LogP contribution is -2.24. The van der Waals surface area contributed by atoms with E-state index in [1.807, 2.05) is 17.9 Å². The molecule has 1 unspecified atom stereocenters. The van der Waals surface area contributed by atoms with Crippen molar-refractivity contribution >= 4 is 0 Å². The van der Waals surface area contributed by atoms with Gasteiger partial charge in [0, 0.05) is 19.3 Å². The zero-order valence-electron chi connectivity index (χ0n) is 11.7. The maximum atomic E-state index is 4.27. The van der Waals surface area contributed by atoms with Crippen LogP contribution in [-0.4, -0.2) is 16.3 Å². The van der Waals surface area contributed by atoms with E-state index in [4.69, 9.17) is 0 Å². The van der Waals surface area contributed by atoms with E-state index in [0.29, 0.717) is 6.04 Å². The third-order valence-electron chi connectivity index (χ3n) is 3.13. The van der Waals surface area contributed by atoms with Gasteiger partial charge in [0.15, 0.2) is 0 Å². The fourth-order valence-electron chi connectivity index (χ4n) is 2.13. The van der Waals surface area contributed by atoms with E-state index in [9.17, 15) is 0 Å². The third-order valence-corrected chi connectivity index (χ3v) is 3.13. The van der Waals surface area contributed by atoms with Crippen LogP contribution >= 0.6 is 0 Å². The first-order valence-electron chi connectivity index (χ1n) is 6.86. The Labute approximate surface area is 106 Å². The minimum atomic E-state index is 0.459. The molecule has 0 fully saturated rings. The SMILES string of the molecule is CCCNC(CCCC(C)C)c1ccnn1C. The average molecular weight is 237 g/mol. The lowest BCUT2D eigenvalue weighted by atomic mass is 10.0. The first-order valence-corrected chi connectivity index (χ1v) is 6.86. The molecule has 1 rings (SSSR count). The molecule has 0 amide bonds. The minimum absolute atomic E-state index is 0.459. The van der Waals surface area contributed by atoms with Crippen LogP contribution in [0.15, 0.2) is 12.3 Å². The van der Waals surface area contributed by atoms with Crippen molar-refractivity contribution in [2.75, 3.05) is 6.54 Å². The molecular weight excluding hydrogens is 210 g/mol. The molecule has 0 aliphatic heterocycles. The summed E-state index contributed by atoms with van der Waals surface area (Å²) in [5, 5.41) is 7.89. The van der Waals surface area contributed by atoms with Gasteiger partial charge in [0.05, 0.1) is 5.69 Å². The molecule has 1 atom stereocenters. The second-order valence-corrected chi connectivity index (χ2v) is 5.21. The number of rotatable bonds is 8. The molecule has 0 aliphatic rings. The van der Waals surface area contributed by atoms with Crippen LogP contribution in [0.2, 0.25) is 0 Å². The lowest BCUT2D eigenvalue weighted by Gasteiger charge is -2.19. The Morgan fingerprint density at radius 3 is 2.65 bits per heavy atom. The highest BCUT2D eigenvalue weighted by Crippen LogP contribution is 2.20. The van der Waals surface area contributed by atoms with Crippen molar-refractivity contribution in [3.8, 4) is 0 Å². The number of hydrogen-bond donors (Lipinski definition) is 1. The standard InChI is InChI=1S/C14H27N3/c1-5-10-15-13(8-6-7-12(2)3)14-9-11-16-17(14)4/h9,11-13,15H,5-8,10H2,1-4H3. The van der Waals surface area contributed by atoms with E-state index >= 15 is 0 Å². The summed E-state index contributed by atoms with van der Waals surface area (Å²) in [5.41, 5.74) is 1.31. The predicted octanol–water partition coefficient (Wildman–Crippen LogP) is 3.29. The van der Waals surface area contributed by atoms with Crippen molar-refractivity contribution in [1.29, 1.82) is 0 Å². The van der Waals surface area contributed by atoms with Crippen molar-refractivity contribution in [1.82, 2.24) is 15.1 Å². The Balaban J connectivity index is 2.52. The summed E-state index contributed by atoms with van der Waals surface area (Å²) in [7, 11) is 2.03. The van der Waals surface area contributed by atoms with Crippen molar-refractivity contribution in [2.24, 2.45) is 13.0 Å². The zero-order valence-corrected chi connectivity index (χ0v) is 11.7. The van der Waals surface area contributed by atoms with Gasteiger partial charge in [0.2, 0.25) is 0 Å². The molecule has 0 bridgehead atoms. The van der Waals surface area contributed by atoms with Gasteiger partial charge in [-0.3, -0.25) is 4.68 Å². The van der Waals surface area contributed by atoms with Crippen LogP contribution in [0.3, 0.4) is 0 Å². The molecular formula is C14H27N3. The molecule has 17 heavy (non-hydrogen) atoms. The molecule has 0 radical (unpaired) electrons. The second kappa shape index (κ2) is 7.49. The first-order chi connectivity index (χ1) is 8.15. The van der Waals surface area contributed by atoms with E-state index in [1.54, 1.807) is 0 Å². The third kappa shape index (κ3) is 4.90. The first kappa shape index (κ1) is 14.2. The Kier molecular flexibility index (Phi) is 6.27. The van der Waals surface area contributed by atoms with Crippen LogP contribution < -0.4 is 5.32 Å². The fraction of sp³-hybridized carbons (Fsp3) is 0.786. The quantitative estimate of drug-likeness (QED) is 0.752. The summed E-state index contributed by atoms with van der Waals surface area (Å²) in [6.45, 7) is 7.87. The lowest BCUT2D eigenvalue weighted by molar-refractivity contribution is 0.429. The average Bonchev–Trinajstić information content (AvgIpc) is 2.69. The molecule has 0 saturated heterocycles. The molecule has 1 N–H and O–H groups in total. The van der Waals surface area contributed by atoms with Gasteiger partial charge in [0.25, 0.3) is 0 Å². The summed E-state index contributed by atoms with van der Waals surface area (Å²) in [6, 6.07) is 2.59. The predicted molar refractivity (Wildman–Crippen MR) is 72.9 cm³/mol. The van der Waals surface area contributed by atoms with Gasteiger partial charge < -0.3 is 5.32 Å². The van der Waals surface area contributed by atoms with E-state index in [-0.39, 0.29) is 0 Å². The smallest absolute Gasteiger partial charge is 0.0550 e. The number of hydrogen-bond acceptors (Lipinski definition) is 2. The molecule has 1 aromatic heterocycles. The molecule has 3 nitrogen and oxygen atoms in total. The number of nitrogens with one attached hydrogen (secondary N) is 1. The Hall–Kier alpha value is -0.830. The number of aryl methyl sites for hydroxylation is 1. The van der Waals surface area contributed by atoms with Crippen molar-refractivity contribution in [3.05, 3.63) is 18.0 Å². The van der Waals surface area contributed by atoms with Crippen LogP contribution in [0.1, 0.15) is 58.2 Å². The monoisotopic (exact) mass is 237 g/mol. The van der Waals surface area contributed by atoms with Gasteiger partial charge in [-0.2, -0.15) is 5.10 Å². The van der Waals surface area contributed by atoms with Gasteiger partial charge in [-0.1, -0.05) is 33.6 Å². The summed E-state index contributed by atoms with van der Waals surface area (Å²) in [6.07, 6.45) is 6.86. The van der Waals surface area contributed by atoms with Crippen LogP contribution in [0, 0.1) is 5.92 Å². The van der Waals surface area contributed by atoms with Crippen molar-refractivity contribution < 1.29 is 0 Å². The summed E-state index contributed by atoms with van der Waals surface area (Å²) in [5.74, 6) is 0.799. The van der Waals surface area contributed by atoms with Crippen molar-refractivity contribution in [3.63, 3.8) is 0 Å². The molecule has 0 aromatic carbocycles. The molecule has 98 valence electrons. The normalized spacial score (nSPS) is 13.2. The van der Waals surface area contributed by atoms with E-state index in [1.165, 1.54) is 31.4 Å². The van der Waals surface area contributed by atoms with Crippen LogP contribution in [0.25, 0.3) is 0 Å². The van der Waals surface area contributed by atoms with Gasteiger partial charge in [-0.15, -0.1) is 0 Å². The molecule has 0 saturated carbocycles. The van der Waals surface area contributed by atoms with Crippen molar-refractivity contribution in [2.45, 2.75) is 52.5 Å². The highest BCUT2D eigenvalue weighted by atomic mass is 15.3. The molecule has 1 aromatic rings. The van der Waals surface area contributed by atoms with Gasteiger partial charge in [0.1, 0.15) is 0 Å². The van der Waals surface area contributed by atoms with Crippen LogP contribution in [0.4, 0.5) is 0 Å². The Bertz CT molecular complexity index is 304. The maximum Gasteiger partial charge on any atom is 0.0550 e. The second-order valence-electron chi connectivity index (χ2n) is 5.21. The Morgan fingerprint density at radius 1 is 1.35 bits per heavy atom. The van der Waals surface area contributed by atoms with Crippen LogP contribution in [0.5, 0.6) is 0 Å². The maximum absolute atomic E-state index is 4.27. The van der Waals surface area contributed by atoms with E-state index in [0.717, 1.165) is 12.5 Å². The molecule has 3 heteroatoms. The zero-order chi connectivity index (χ0) is 12.7. The molecule has 0 aliphatic carbocycles. The molecule has 1 heterocycles. The van der Waals surface area contributed by atoms with E-state index < -0.39 is 0 Å². The minimum Gasteiger partial charge on any atom is -0.309 e. The summed E-state index contributed by atoms with van der Waals surface area (Å²) < 4.78 is 1.99. The highest BCUT2D eigenvalue weighted by Gasteiger charge is 2.13. The number of aromatic nitrogens is 2. The van der Waals surface area contributed by atoms with Gasteiger partial charge in [-0.25, -0.2) is 0 Å².